The molecule has 0 saturated heterocycles. The molecule has 0 aromatic carbocycles. The Kier molecular flexibility index (Phi) is 6.90. The van der Waals surface area contributed by atoms with E-state index in [2.05, 4.69) is 46.8 Å². The van der Waals surface area contributed by atoms with Crippen LogP contribution in [0.25, 0.3) is 0 Å². The fourth-order valence-corrected chi connectivity index (χ4v) is 1.00. The molecule has 0 saturated carbocycles. The van der Waals surface area contributed by atoms with Crippen molar-refractivity contribution in [2.24, 2.45) is 11.3 Å². The van der Waals surface area contributed by atoms with Crippen molar-refractivity contribution in [3.63, 3.8) is 0 Å². The Hall–Kier alpha value is -0.300. The van der Waals surface area contributed by atoms with E-state index in [-0.39, 0.29) is 0 Å². The third-order valence-electron chi connectivity index (χ3n) is 1.95. The number of hydrogen-bond donors (Lipinski definition) is 0. The standard InChI is InChI=1S/C13H26O/c1-12(2)8-6-7-10-14-11-9-13(3,4)5/h6,8,12H,7,9-11H2,1-5H3. The number of allylic oxidation sites excluding steroid dienone is 1. The second-order valence-corrected chi connectivity index (χ2v) is 5.38. The highest BCUT2D eigenvalue weighted by Gasteiger charge is 2.08. The highest BCUT2D eigenvalue weighted by atomic mass is 16.5. The van der Waals surface area contributed by atoms with Gasteiger partial charge in [0.05, 0.1) is 6.61 Å². The minimum atomic E-state index is 0.397. The lowest BCUT2D eigenvalue weighted by molar-refractivity contribution is 0.112. The molecule has 0 radical (unpaired) electrons. The van der Waals surface area contributed by atoms with Crippen LogP contribution in [0.1, 0.15) is 47.5 Å². The Morgan fingerprint density at radius 3 is 2.29 bits per heavy atom. The largest absolute Gasteiger partial charge is 0.381 e. The fourth-order valence-electron chi connectivity index (χ4n) is 1.00. The lowest BCUT2D eigenvalue weighted by atomic mass is 9.93. The van der Waals surface area contributed by atoms with Crippen LogP contribution in [0.15, 0.2) is 12.2 Å². The van der Waals surface area contributed by atoms with E-state index in [1.54, 1.807) is 0 Å². The van der Waals surface area contributed by atoms with Gasteiger partial charge in [-0.3, -0.25) is 0 Å². The average Bonchev–Trinajstić information content (AvgIpc) is 2.00. The van der Waals surface area contributed by atoms with Gasteiger partial charge in [-0.1, -0.05) is 46.8 Å². The number of rotatable bonds is 6. The van der Waals surface area contributed by atoms with Gasteiger partial charge in [-0.2, -0.15) is 0 Å². The molecule has 14 heavy (non-hydrogen) atoms. The zero-order chi connectivity index (χ0) is 11.0. The molecule has 0 aromatic heterocycles. The summed E-state index contributed by atoms with van der Waals surface area (Å²) in [5, 5.41) is 0. The normalized spacial score (nSPS) is 13.0. The summed E-state index contributed by atoms with van der Waals surface area (Å²) in [6, 6.07) is 0. The van der Waals surface area contributed by atoms with Crippen LogP contribution in [0.3, 0.4) is 0 Å². The van der Waals surface area contributed by atoms with Gasteiger partial charge in [0.25, 0.3) is 0 Å². The van der Waals surface area contributed by atoms with Crippen LogP contribution >= 0.6 is 0 Å². The predicted molar refractivity (Wildman–Crippen MR) is 63.5 cm³/mol. The molecule has 0 amide bonds. The second-order valence-electron chi connectivity index (χ2n) is 5.38. The third-order valence-corrected chi connectivity index (χ3v) is 1.95. The van der Waals surface area contributed by atoms with Gasteiger partial charge >= 0.3 is 0 Å². The summed E-state index contributed by atoms with van der Waals surface area (Å²) < 4.78 is 5.54. The summed E-state index contributed by atoms with van der Waals surface area (Å²) in [5.41, 5.74) is 0.397. The predicted octanol–water partition coefficient (Wildman–Crippen LogP) is 4.04. The molecule has 0 aliphatic carbocycles. The molecule has 1 heteroatoms. The first-order chi connectivity index (χ1) is 6.42. The zero-order valence-corrected chi connectivity index (χ0v) is 10.5. The monoisotopic (exact) mass is 198 g/mol. The summed E-state index contributed by atoms with van der Waals surface area (Å²) in [4.78, 5) is 0. The maximum atomic E-state index is 5.54. The van der Waals surface area contributed by atoms with Gasteiger partial charge in [0.15, 0.2) is 0 Å². The van der Waals surface area contributed by atoms with Crippen LogP contribution in [-0.4, -0.2) is 13.2 Å². The summed E-state index contributed by atoms with van der Waals surface area (Å²) in [6.07, 6.45) is 6.62. The number of hydrogen-bond acceptors (Lipinski definition) is 1. The molecule has 0 spiro atoms. The Bertz CT molecular complexity index is 151. The van der Waals surface area contributed by atoms with Crippen molar-refractivity contribution >= 4 is 0 Å². The lowest BCUT2D eigenvalue weighted by Gasteiger charge is -2.17. The molecule has 0 bridgehead atoms. The van der Waals surface area contributed by atoms with Crippen molar-refractivity contribution in [3.8, 4) is 0 Å². The van der Waals surface area contributed by atoms with E-state index in [0.29, 0.717) is 11.3 Å². The quantitative estimate of drug-likeness (QED) is 0.462. The Labute approximate surface area is 89.5 Å². The summed E-state index contributed by atoms with van der Waals surface area (Å²) >= 11 is 0. The second kappa shape index (κ2) is 7.05. The summed E-state index contributed by atoms with van der Waals surface area (Å²) in [6.45, 7) is 12.9. The van der Waals surface area contributed by atoms with Gasteiger partial charge in [0, 0.05) is 6.61 Å². The van der Waals surface area contributed by atoms with E-state index >= 15 is 0 Å². The van der Waals surface area contributed by atoms with E-state index in [1.807, 2.05) is 0 Å². The van der Waals surface area contributed by atoms with Gasteiger partial charge in [-0.15, -0.1) is 0 Å². The molecule has 0 N–H and O–H groups in total. The Balaban J connectivity index is 3.23. The molecule has 0 unspecified atom stereocenters. The molecule has 0 rings (SSSR count). The lowest BCUT2D eigenvalue weighted by Crippen LogP contribution is -2.09. The van der Waals surface area contributed by atoms with Crippen molar-refractivity contribution in [1.82, 2.24) is 0 Å². The van der Waals surface area contributed by atoms with Gasteiger partial charge in [0.1, 0.15) is 0 Å². The van der Waals surface area contributed by atoms with E-state index in [4.69, 9.17) is 4.74 Å². The van der Waals surface area contributed by atoms with Crippen molar-refractivity contribution in [3.05, 3.63) is 12.2 Å². The van der Waals surface area contributed by atoms with Crippen molar-refractivity contribution in [1.29, 1.82) is 0 Å². The first-order valence-electron chi connectivity index (χ1n) is 5.66. The van der Waals surface area contributed by atoms with Crippen LogP contribution in [0.4, 0.5) is 0 Å². The first-order valence-corrected chi connectivity index (χ1v) is 5.66. The molecule has 0 aliphatic heterocycles. The average molecular weight is 198 g/mol. The maximum Gasteiger partial charge on any atom is 0.0500 e. The van der Waals surface area contributed by atoms with Crippen molar-refractivity contribution in [2.75, 3.05) is 13.2 Å². The van der Waals surface area contributed by atoms with E-state index in [9.17, 15) is 0 Å². The van der Waals surface area contributed by atoms with Crippen LogP contribution < -0.4 is 0 Å². The molecular weight excluding hydrogens is 172 g/mol. The van der Waals surface area contributed by atoms with E-state index < -0.39 is 0 Å². The highest BCUT2D eigenvalue weighted by Crippen LogP contribution is 2.17. The fraction of sp³-hybridized carbons (Fsp3) is 0.846. The van der Waals surface area contributed by atoms with Crippen LogP contribution in [0.5, 0.6) is 0 Å². The summed E-state index contributed by atoms with van der Waals surface area (Å²) in [7, 11) is 0. The molecule has 0 fully saturated rings. The van der Waals surface area contributed by atoms with Crippen LogP contribution in [-0.2, 0) is 4.74 Å². The first kappa shape index (κ1) is 13.7. The van der Waals surface area contributed by atoms with E-state index in [0.717, 1.165) is 26.1 Å². The topological polar surface area (TPSA) is 9.23 Å². The van der Waals surface area contributed by atoms with Crippen LogP contribution in [0, 0.1) is 11.3 Å². The van der Waals surface area contributed by atoms with Gasteiger partial charge in [0.2, 0.25) is 0 Å². The molecular formula is C13H26O. The maximum absolute atomic E-state index is 5.54. The number of ether oxygens (including phenoxy) is 1. The molecule has 0 atom stereocenters. The minimum absolute atomic E-state index is 0.397. The smallest absolute Gasteiger partial charge is 0.0500 e. The third kappa shape index (κ3) is 11.7. The van der Waals surface area contributed by atoms with Gasteiger partial charge in [-0.25, -0.2) is 0 Å². The van der Waals surface area contributed by atoms with Gasteiger partial charge in [-0.05, 0) is 24.2 Å². The molecule has 84 valence electrons. The minimum Gasteiger partial charge on any atom is -0.381 e. The van der Waals surface area contributed by atoms with Gasteiger partial charge < -0.3 is 4.74 Å². The van der Waals surface area contributed by atoms with Crippen molar-refractivity contribution < 1.29 is 4.74 Å². The molecule has 0 aromatic rings. The SMILES string of the molecule is CC(C)C=CCCOCCC(C)(C)C. The Morgan fingerprint density at radius 2 is 1.79 bits per heavy atom. The van der Waals surface area contributed by atoms with E-state index in [1.165, 1.54) is 0 Å². The Morgan fingerprint density at radius 1 is 1.14 bits per heavy atom. The highest BCUT2D eigenvalue weighted by molar-refractivity contribution is 4.83. The molecule has 1 nitrogen and oxygen atoms in total. The summed E-state index contributed by atoms with van der Waals surface area (Å²) in [5.74, 6) is 0.657. The van der Waals surface area contributed by atoms with Crippen LogP contribution in [0.2, 0.25) is 0 Å². The zero-order valence-electron chi connectivity index (χ0n) is 10.5. The molecule has 0 heterocycles. The molecule has 0 aliphatic rings. The van der Waals surface area contributed by atoms with Crippen molar-refractivity contribution in [2.45, 2.75) is 47.5 Å².